The summed E-state index contributed by atoms with van der Waals surface area (Å²) in [4.78, 5) is 5.70. The number of rotatable bonds is 7. The Labute approximate surface area is 170 Å². The molecule has 0 amide bonds. The van der Waals surface area contributed by atoms with E-state index in [0.717, 1.165) is 57.3 Å². The van der Waals surface area contributed by atoms with Gasteiger partial charge in [0, 0.05) is 28.9 Å². The zero-order valence-electron chi connectivity index (χ0n) is 15.8. The minimum atomic E-state index is 0.627. The molecule has 27 heavy (non-hydrogen) atoms. The standard InChI is InChI=1S/C22H28N2OS2/c25-23-22-7-1-4-17-16-18(8-9-21(17)22)24(12-10-19-5-2-14-26-19)13-11-20-6-3-15-27-20/h2-3,5-6,14-15,18,25H,1,4,7-13,16H2. The van der Waals surface area contributed by atoms with Gasteiger partial charge in [-0.15, -0.1) is 22.7 Å². The lowest BCUT2D eigenvalue weighted by molar-refractivity contribution is 0.183. The number of nitrogens with zero attached hydrogens (tertiary/aromatic N) is 2. The molecule has 1 N–H and O–H groups in total. The van der Waals surface area contributed by atoms with Crippen molar-refractivity contribution in [3.63, 3.8) is 0 Å². The Morgan fingerprint density at radius 2 is 1.70 bits per heavy atom. The van der Waals surface area contributed by atoms with Gasteiger partial charge in [0.15, 0.2) is 0 Å². The van der Waals surface area contributed by atoms with Gasteiger partial charge in [0.2, 0.25) is 0 Å². The molecule has 2 aromatic rings. The normalized spacial score (nSPS) is 21.8. The van der Waals surface area contributed by atoms with Crippen LogP contribution in [-0.4, -0.2) is 35.0 Å². The zero-order valence-corrected chi connectivity index (χ0v) is 17.4. The molecule has 0 aromatic carbocycles. The summed E-state index contributed by atoms with van der Waals surface area (Å²) in [5.74, 6) is 0. The van der Waals surface area contributed by atoms with Gasteiger partial charge < -0.3 is 5.21 Å². The molecule has 5 heteroatoms. The first kappa shape index (κ1) is 18.9. The average Bonchev–Trinajstić information content (AvgIpc) is 3.41. The molecule has 0 bridgehead atoms. The molecule has 0 fully saturated rings. The second-order valence-electron chi connectivity index (χ2n) is 7.57. The van der Waals surface area contributed by atoms with Crippen LogP contribution >= 0.6 is 22.7 Å². The summed E-state index contributed by atoms with van der Waals surface area (Å²) < 4.78 is 0. The van der Waals surface area contributed by atoms with Crippen molar-refractivity contribution in [1.29, 1.82) is 0 Å². The third-order valence-corrected chi connectivity index (χ3v) is 7.84. The molecule has 0 spiro atoms. The van der Waals surface area contributed by atoms with E-state index in [1.54, 1.807) is 5.57 Å². The van der Waals surface area contributed by atoms with E-state index >= 15 is 0 Å². The van der Waals surface area contributed by atoms with Gasteiger partial charge in [0.25, 0.3) is 0 Å². The van der Waals surface area contributed by atoms with Crippen LogP contribution in [0.25, 0.3) is 0 Å². The molecule has 0 saturated carbocycles. The highest BCUT2D eigenvalue weighted by Gasteiger charge is 2.29. The fourth-order valence-corrected chi connectivity index (χ4v) is 5.93. The topological polar surface area (TPSA) is 35.8 Å². The minimum Gasteiger partial charge on any atom is -0.411 e. The third-order valence-electron chi connectivity index (χ3n) is 5.96. The smallest absolute Gasteiger partial charge is 0.0827 e. The lowest BCUT2D eigenvalue weighted by atomic mass is 9.78. The first-order valence-electron chi connectivity index (χ1n) is 10.0. The van der Waals surface area contributed by atoms with Crippen LogP contribution < -0.4 is 0 Å². The van der Waals surface area contributed by atoms with Gasteiger partial charge in [-0.3, -0.25) is 4.90 Å². The van der Waals surface area contributed by atoms with Gasteiger partial charge in [0.05, 0.1) is 5.71 Å². The Kier molecular flexibility index (Phi) is 6.43. The lowest BCUT2D eigenvalue weighted by Gasteiger charge is -2.38. The molecule has 0 aliphatic heterocycles. The molecule has 0 saturated heterocycles. The van der Waals surface area contributed by atoms with E-state index < -0.39 is 0 Å². The molecule has 1 unspecified atom stereocenters. The van der Waals surface area contributed by atoms with E-state index in [9.17, 15) is 5.21 Å². The fraction of sp³-hybridized carbons (Fsp3) is 0.500. The van der Waals surface area contributed by atoms with Gasteiger partial charge in [-0.05, 0) is 79.8 Å². The van der Waals surface area contributed by atoms with Crippen molar-refractivity contribution in [2.75, 3.05) is 13.1 Å². The number of thiophene rings is 2. The van der Waals surface area contributed by atoms with E-state index in [1.165, 1.54) is 28.2 Å². The maximum absolute atomic E-state index is 9.33. The Hall–Kier alpha value is -1.43. The summed E-state index contributed by atoms with van der Waals surface area (Å²) in [5, 5.41) is 17.3. The van der Waals surface area contributed by atoms with Gasteiger partial charge in [-0.25, -0.2) is 0 Å². The van der Waals surface area contributed by atoms with Crippen molar-refractivity contribution in [2.45, 2.75) is 57.4 Å². The summed E-state index contributed by atoms with van der Waals surface area (Å²) in [6.07, 6.45) is 8.98. The average molecular weight is 401 g/mol. The van der Waals surface area contributed by atoms with Gasteiger partial charge in [-0.2, -0.15) is 0 Å². The van der Waals surface area contributed by atoms with Crippen LogP contribution in [0.4, 0.5) is 0 Å². The van der Waals surface area contributed by atoms with E-state index in [0.29, 0.717) is 6.04 Å². The lowest BCUT2D eigenvalue weighted by Crippen LogP contribution is -2.40. The van der Waals surface area contributed by atoms with Gasteiger partial charge in [-0.1, -0.05) is 22.9 Å². The Balaban J connectivity index is 1.45. The number of hydrogen-bond donors (Lipinski definition) is 1. The molecule has 2 aliphatic rings. The summed E-state index contributed by atoms with van der Waals surface area (Å²) in [6, 6.07) is 9.46. The van der Waals surface area contributed by atoms with E-state index in [2.05, 4.69) is 45.1 Å². The Morgan fingerprint density at radius 1 is 1.00 bits per heavy atom. The second-order valence-corrected chi connectivity index (χ2v) is 9.64. The first-order chi connectivity index (χ1) is 13.3. The minimum absolute atomic E-state index is 0.627. The third kappa shape index (κ3) is 4.71. The maximum Gasteiger partial charge on any atom is 0.0827 e. The number of oxime groups is 1. The van der Waals surface area contributed by atoms with Crippen LogP contribution in [0.15, 0.2) is 51.3 Å². The Bertz CT molecular complexity index is 739. The Morgan fingerprint density at radius 3 is 2.30 bits per heavy atom. The highest BCUT2D eigenvalue weighted by Crippen LogP contribution is 2.36. The molecule has 0 radical (unpaired) electrons. The van der Waals surface area contributed by atoms with Crippen molar-refractivity contribution >= 4 is 28.4 Å². The van der Waals surface area contributed by atoms with Crippen LogP contribution in [-0.2, 0) is 12.8 Å². The molecule has 2 heterocycles. The first-order valence-corrected chi connectivity index (χ1v) is 11.8. The summed E-state index contributed by atoms with van der Waals surface area (Å²) in [6.45, 7) is 2.28. The molecule has 1 atom stereocenters. The summed E-state index contributed by atoms with van der Waals surface area (Å²) >= 11 is 3.74. The predicted molar refractivity (Wildman–Crippen MR) is 115 cm³/mol. The van der Waals surface area contributed by atoms with Crippen LogP contribution in [0.1, 0.15) is 48.3 Å². The molecule has 4 rings (SSSR count). The number of allylic oxidation sites excluding steroid dienone is 1. The van der Waals surface area contributed by atoms with Crippen molar-refractivity contribution in [2.24, 2.45) is 5.16 Å². The number of hydrogen-bond acceptors (Lipinski definition) is 5. The molecule has 2 aromatic heterocycles. The van der Waals surface area contributed by atoms with E-state index in [4.69, 9.17) is 0 Å². The molecular formula is C22H28N2OS2. The largest absolute Gasteiger partial charge is 0.411 e. The van der Waals surface area contributed by atoms with Crippen LogP contribution in [0.2, 0.25) is 0 Å². The van der Waals surface area contributed by atoms with E-state index in [-0.39, 0.29) is 0 Å². The molecule has 2 aliphatic carbocycles. The quantitative estimate of drug-likeness (QED) is 0.474. The fourth-order valence-electron chi connectivity index (χ4n) is 4.54. The van der Waals surface area contributed by atoms with Crippen LogP contribution in [0.3, 0.4) is 0 Å². The summed E-state index contributed by atoms with van der Waals surface area (Å²) in [7, 11) is 0. The van der Waals surface area contributed by atoms with Crippen molar-refractivity contribution in [3.8, 4) is 0 Å². The highest BCUT2D eigenvalue weighted by atomic mass is 32.1. The van der Waals surface area contributed by atoms with Crippen molar-refractivity contribution < 1.29 is 5.21 Å². The molecule has 3 nitrogen and oxygen atoms in total. The highest BCUT2D eigenvalue weighted by molar-refractivity contribution is 7.10. The monoisotopic (exact) mass is 400 g/mol. The second kappa shape index (κ2) is 9.18. The summed E-state index contributed by atoms with van der Waals surface area (Å²) in [5.41, 5.74) is 3.89. The van der Waals surface area contributed by atoms with Crippen molar-refractivity contribution in [3.05, 3.63) is 55.9 Å². The predicted octanol–water partition coefficient (Wildman–Crippen LogP) is 5.76. The van der Waals surface area contributed by atoms with Crippen LogP contribution in [0, 0.1) is 0 Å². The van der Waals surface area contributed by atoms with Crippen LogP contribution in [0.5, 0.6) is 0 Å². The maximum atomic E-state index is 9.33. The molecule has 144 valence electrons. The van der Waals surface area contributed by atoms with Crippen molar-refractivity contribution in [1.82, 2.24) is 4.90 Å². The SMILES string of the molecule is ON=C1CCCC2=C1CCC(N(CCc1cccs1)CCc1cccs1)C2. The van der Waals surface area contributed by atoms with Gasteiger partial charge >= 0.3 is 0 Å². The van der Waals surface area contributed by atoms with E-state index in [1.807, 2.05) is 22.7 Å². The molecular weight excluding hydrogens is 372 g/mol. The zero-order chi connectivity index (χ0) is 18.5. The van der Waals surface area contributed by atoms with Gasteiger partial charge in [0.1, 0.15) is 0 Å².